The fraction of sp³-hybridized carbons (Fsp3) is 0. The third-order valence-corrected chi connectivity index (χ3v) is 9.88. The fourth-order valence-corrected chi connectivity index (χ4v) is 7.93. The molecule has 0 unspecified atom stereocenters. The molecule has 3 aromatic heterocycles. The minimum atomic E-state index is 0.605. The molecule has 5 heteroatoms. The Kier molecular flexibility index (Phi) is 5.64. The molecular weight excluding hydrogens is 599 g/mol. The van der Waals surface area contributed by atoms with Crippen molar-refractivity contribution >= 4 is 65.4 Å². The lowest BCUT2D eigenvalue weighted by molar-refractivity contribution is 1.17. The zero-order valence-corrected chi connectivity index (χ0v) is 26.2. The van der Waals surface area contributed by atoms with Gasteiger partial charge < -0.3 is 13.7 Å². The Labute approximate surface area is 280 Å². The zero-order chi connectivity index (χ0) is 32.6. The number of rotatable bonds is 3. The summed E-state index contributed by atoms with van der Waals surface area (Å²) < 4.78 is 6.97. The van der Waals surface area contributed by atoms with E-state index in [9.17, 15) is 10.5 Å². The highest BCUT2D eigenvalue weighted by molar-refractivity contribution is 6.32. The number of nitrogens with zero attached hydrogens (tertiary/aromatic N) is 5. The van der Waals surface area contributed by atoms with Crippen molar-refractivity contribution in [2.75, 3.05) is 0 Å². The molecule has 0 saturated carbocycles. The van der Waals surface area contributed by atoms with Gasteiger partial charge >= 0.3 is 0 Å². The summed E-state index contributed by atoms with van der Waals surface area (Å²) in [6.45, 7) is 0. The molecule has 0 spiro atoms. The SMILES string of the molecule is N#Cc1ccc(-n2c3c(ccc4c3c3ccccc3n4-c3ccccc3)c3ccc4c(c5c(C#N)cccc5n4-c4ccccc4)c32)cc1. The van der Waals surface area contributed by atoms with Crippen LogP contribution >= 0.6 is 0 Å². The molecule has 10 aromatic rings. The Morgan fingerprint density at radius 2 is 0.878 bits per heavy atom. The van der Waals surface area contributed by atoms with E-state index in [0.29, 0.717) is 11.1 Å². The first-order valence-electron chi connectivity index (χ1n) is 16.2. The van der Waals surface area contributed by atoms with Gasteiger partial charge in [-0.05, 0) is 78.9 Å². The van der Waals surface area contributed by atoms with E-state index >= 15 is 0 Å². The maximum atomic E-state index is 10.5. The third-order valence-electron chi connectivity index (χ3n) is 9.88. The first-order valence-corrected chi connectivity index (χ1v) is 16.2. The van der Waals surface area contributed by atoms with E-state index < -0.39 is 0 Å². The monoisotopic (exact) mass is 623 g/mol. The molecule has 7 aromatic carbocycles. The maximum absolute atomic E-state index is 10.5. The standard InChI is InChI=1S/C44H25N5/c45-26-28-18-20-32(21-19-28)49-43-33(22-24-38-41(43)35-15-7-8-16-36(35)47(38)30-11-3-1-4-12-30)34-23-25-39-42(44(34)49)40-29(27-46)10-9-17-37(40)48(39)31-13-5-2-6-14-31/h1-25H. The minimum absolute atomic E-state index is 0.605. The second-order valence-electron chi connectivity index (χ2n) is 12.4. The molecule has 0 radical (unpaired) electrons. The van der Waals surface area contributed by atoms with Gasteiger partial charge in [0.1, 0.15) is 0 Å². The molecule has 226 valence electrons. The lowest BCUT2D eigenvalue weighted by Crippen LogP contribution is -1.96. The number of para-hydroxylation sites is 3. The Balaban J connectivity index is 1.50. The van der Waals surface area contributed by atoms with Crippen molar-refractivity contribution in [1.29, 1.82) is 10.5 Å². The summed E-state index contributed by atoms with van der Waals surface area (Å²) in [6, 6.07) is 57.0. The fourth-order valence-electron chi connectivity index (χ4n) is 7.93. The van der Waals surface area contributed by atoms with Gasteiger partial charge in [0, 0.05) is 49.4 Å². The molecule has 0 aliphatic carbocycles. The zero-order valence-electron chi connectivity index (χ0n) is 26.2. The van der Waals surface area contributed by atoms with E-state index in [4.69, 9.17) is 0 Å². The molecule has 0 fully saturated rings. The van der Waals surface area contributed by atoms with E-state index in [1.807, 2.05) is 60.7 Å². The lowest BCUT2D eigenvalue weighted by atomic mass is 10.0. The summed E-state index contributed by atoms with van der Waals surface area (Å²) in [4.78, 5) is 0. The van der Waals surface area contributed by atoms with Crippen LogP contribution in [0.25, 0.3) is 82.5 Å². The minimum Gasteiger partial charge on any atom is -0.309 e. The summed E-state index contributed by atoms with van der Waals surface area (Å²) in [5.41, 5.74) is 10.7. The topological polar surface area (TPSA) is 62.4 Å². The van der Waals surface area contributed by atoms with Crippen LogP contribution in [0.2, 0.25) is 0 Å². The van der Waals surface area contributed by atoms with Crippen molar-refractivity contribution in [1.82, 2.24) is 13.7 Å². The number of aromatic nitrogens is 3. The summed E-state index contributed by atoms with van der Waals surface area (Å²) in [6.07, 6.45) is 0. The van der Waals surface area contributed by atoms with Gasteiger partial charge in [-0.15, -0.1) is 0 Å². The second-order valence-corrected chi connectivity index (χ2v) is 12.4. The number of benzene rings is 7. The van der Waals surface area contributed by atoms with Gasteiger partial charge in [0.25, 0.3) is 0 Å². The molecule has 5 nitrogen and oxygen atoms in total. The summed E-state index contributed by atoms with van der Waals surface area (Å²) >= 11 is 0. The van der Waals surface area contributed by atoms with Crippen LogP contribution in [0.4, 0.5) is 0 Å². The van der Waals surface area contributed by atoms with E-state index in [0.717, 1.165) is 82.5 Å². The Bertz CT molecular complexity index is 3040. The first kappa shape index (κ1) is 27.1. The molecular formula is C44H25N5. The van der Waals surface area contributed by atoms with Crippen LogP contribution in [0.1, 0.15) is 11.1 Å². The highest BCUT2D eigenvalue weighted by atomic mass is 15.0. The second kappa shape index (κ2) is 10.2. The van der Waals surface area contributed by atoms with Gasteiger partial charge in [-0.2, -0.15) is 10.5 Å². The van der Waals surface area contributed by atoms with Gasteiger partial charge in [0.05, 0.1) is 56.4 Å². The molecule has 10 rings (SSSR count). The molecule has 0 N–H and O–H groups in total. The average Bonchev–Trinajstić information content (AvgIpc) is 3.81. The number of hydrogen-bond donors (Lipinski definition) is 0. The Morgan fingerprint density at radius 1 is 0.347 bits per heavy atom. The Hall–Kier alpha value is -7.08. The highest BCUT2D eigenvalue weighted by Crippen LogP contribution is 2.46. The van der Waals surface area contributed by atoms with Crippen LogP contribution in [-0.2, 0) is 0 Å². The van der Waals surface area contributed by atoms with Gasteiger partial charge in [-0.1, -0.05) is 72.8 Å². The van der Waals surface area contributed by atoms with Gasteiger partial charge in [0.2, 0.25) is 0 Å². The van der Waals surface area contributed by atoms with Crippen molar-refractivity contribution in [2.24, 2.45) is 0 Å². The van der Waals surface area contributed by atoms with Crippen LogP contribution in [0.3, 0.4) is 0 Å². The summed E-state index contributed by atoms with van der Waals surface area (Å²) in [5, 5.41) is 26.7. The van der Waals surface area contributed by atoms with Gasteiger partial charge in [0.15, 0.2) is 0 Å². The molecule has 0 atom stereocenters. The van der Waals surface area contributed by atoms with E-state index in [-0.39, 0.29) is 0 Å². The normalized spacial score (nSPS) is 11.6. The van der Waals surface area contributed by atoms with Crippen molar-refractivity contribution in [3.05, 3.63) is 163 Å². The van der Waals surface area contributed by atoms with Crippen LogP contribution < -0.4 is 0 Å². The number of nitriles is 2. The molecule has 0 aliphatic rings. The van der Waals surface area contributed by atoms with Gasteiger partial charge in [-0.25, -0.2) is 0 Å². The molecule has 0 saturated heterocycles. The maximum Gasteiger partial charge on any atom is 0.0999 e. The van der Waals surface area contributed by atoms with E-state index in [1.54, 1.807) is 0 Å². The molecule has 0 bridgehead atoms. The van der Waals surface area contributed by atoms with Crippen LogP contribution in [0.5, 0.6) is 0 Å². The average molecular weight is 624 g/mol. The largest absolute Gasteiger partial charge is 0.309 e. The Morgan fingerprint density at radius 3 is 1.53 bits per heavy atom. The molecule has 49 heavy (non-hydrogen) atoms. The van der Waals surface area contributed by atoms with Crippen molar-refractivity contribution in [3.8, 4) is 29.2 Å². The first-order chi connectivity index (χ1) is 24.3. The quantitative estimate of drug-likeness (QED) is 0.197. The van der Waals surface area contributed by atoms with Crippen molar-refractivity contribution in [2.45, 2.75) is 0 Å². The predicted molar refractivity (Wildman–Crippen MR) is 199 cm³/mol. The number of fused-ring (bicyclic) bond motifs is 11. The van der Waals surface area contributed by atoms with E-state index in [1.165, 1.54) is 0 Å². The molecule has 0 aliphatic heterocycles. The van der Waals surface area contributed by atoms with Crippen LogP contribution in [-0.4, -0.2) is 13.7 Å². The van der Waals surface area contributed by atoms with Crippen LogP contribution in [0.15, 0.2) is 152 Å². The third kappa shape index (κ3) is 3.67. The molecule has 3 heterocycles. The van der Waals surface area contributed by atoms with Crippen molar-refractivity contribution < 1.29 is 0 Å². The summed E-state index contributed by atoms with van der Waals surface area (Å²) in [7, 11) is 0. The van der Waals surface area contributed by atoms with Crippen molar-refractivity contribution in [3.63, 3.8) is 0 Å². The number of hydrogen-bond acceptors (Lipinski definition) is 2. The smallest absolute Gasteiger partial charge is 0.0999 e. The van der Waals surface area contributed by atoms with Crippen LogP contribution in [0, 0.1) is 22.7 Å². The lowest BCUT2D eigenvalue weighted by Gasteiger charge is -2.11. The predicted octanol–water partition coefficient (Wildman–Crippen LogP) is 10.7. The van der Waals surface area contributed by atoms with E-state index in [2.05, 4.69) is 117 Å². The van der Waals surface area contributed by atoms with Gasteiger partial charge in [-0.3, -0.25) is 0 Å². The highest BCUT2D eigenvalue weighted by Gasteiger charge is 2.25. The summed E-state index contributed by atoms with van der Waals surface area (Å²) in [5.74, 6) is 0. The molecule has 0 amide bonds.